The van der Waals surface area contributed by atoms with Crippen molar-refractivity contribution in [3.05, 3.63) is 53.6 Å². The number of hydrogen-bond acceptors (Lipinski definition) is 6. The maximum Gasteiger partial charge on any atom is 0.410 e. The highest BCUT2D eigenvalue weighted by Gasteiger charge is 2.29. The molecular weight excluding hydrogens is 496 g/mol. The number of anilines is 1. The number of fused-ring (bicyclic) bond motifs is 1. The monoisotopic (exact) mass is 529 g/mol. The van der Waals surface area contributed by atoms with E-state index in [1.807, 2.05) is 40.8 Å². The molecule has 3 aromatic heterocycles. The van der Waals surface area contributed by atoms with Gasteiger partial charge in [0.15, 0.2) is 0 Å². The van der Waals surface area contributed by atoms with Crippen LogP contribution in [0.4, 0.5) is 19.4 Å². The fraction of sp³-hybridized carbons (Fsp3) is 0.481. The minimum Gasteiger partial charge on any atom is -0.490 e. The van der Waals surface area contributed by atoms with E-state index in [9.17, 15) is 18.4 Å². The van der Waals surface area contributed by atoms with E-state index in [1.54, 1.807) is 21.6 Å². The van der Waals surface area contributed by atoms with Crippen molar-refractivity contribution in [3.8, 4) is 5.75 Å². The lowest BCUT2D eigenvalue weighted by Crippen LogP contribution is -2.41. The van der Waals surface area contributed by atoms with Crippen LogP contribution in [-0.2, 0) is 4.74 Å². The molecule has 4 heterocycles. The zero-order chi connectivity index (χ0) is 27.6. The van der Waals surface area contributed by atoms with Crippen molar-refractivity contribution in [2.24, 2.45) is 0 Å². The third kappa shape index (κ3) is 6.56. The van der Waals surface area contributed by atoms with E-state index in [0.29, 0.717) is 24.5 Å². The summed E-state index contributed by atoms with van der Waals surface area (Å²) in [6.45, 7) is 10.3. The number of pyridine rings is 2. The second-order valence-electron chi connectivity index (χ2n) is 10.6. The number of nitrogens with zero attached hydrogens (tertiary/aromatic N) is 4. The number of rotatable bonds is 6. The van der Waals surface area contributed by atoms with Gasteiger partial charge in [-0.05, 0) is 59.6 Å². The zero-order valence-electron chi connectivity index (χ0n) is 22.2. The van der Waals surface area contributed by atoms with Crippen LogP contribution in [0.5, 0.6) is 5.75 Å². The number of carbonyl (C=O) groups is 2. The predicted octanol–water partition coefficient (Wildman–Crippen LogP) is 5.82. The summed E-state index contributed by atoms with van der Waals surface area (Å²) < 4.78 is 39.2. The molecule has 4 rings (SSSR count). The van der Waals surface area contributed by atoms with Crippen molar-refractivity contribution in [3.63, 3.8) is 0 Å². The number of carbonyl (C=O) groups excluding carboxylic acids is 2. The lowest BCUT2D eigenvalue weighted by atomic mass is 9.94. The molecule has 1 fully saturated rings. The standard InChI is InChI=1S/C27H33F2N5O4/c1-16(2)37-21-13-23-31-20(17-9-11-33(12-10-17)26(36)38-27(3,4)5)15-34(23)14-18(21)25(35)32-22-8-6-7-19(30-22)24(28)29/h6-8,13-17,24H,9-12H2,1-5H3,(H,30,32,35). The highest BCUT2D eigenvalue weighted by Crippen LogP contribution is 2.31. The van der Waals surface area contributed by atoms with Gasteiger partial charge in [0.1, 0.15) is 28.5 Å². The molecule has 0 saturated carbocycles. The van der Waals surface area contributed by atoms with Gasteiger partial charge in [-0.3, -0.25) is 4.79 Å². The summed E-state index contributed by atoms with van der Waals surface area (Å²) >= 11 is 0. The fourth-order valence-corrected chi connectivity index (χ4v) is 4.26. The third-order valence-corrected chi connectivity index (χ3v) is 5.98. The van der Waals surface area contributed by atoms with E-state index >= 15 is 0 Å². The van der Waals surface area contributed by atoms with E-state index in [0.717, 1.165) is 18.5 Å². The second kappa shape index (κ2) is 10.9. The maximum absolute atomic E-state index is 13.1. The molecule has 1 aliphatic rings. The Bertz CT molecular complexity index is 1310. The van der Waals surface area contributed by atoms with Crippen LogP contribution in [-0.4, -0.2) is 56.1 Å². The topological polar surface area (TPSA) is 98.1 Å². The summed E-state index contributed by atoms with van der Waals surface area (Å²) in [5, 5.41) is 2.59. The SMILES string of the molecule is CC(C)Oc1cc2nc(C3CCN(C(=O)OC(C)(C)C)CC3)cn2cc1C(=O)Nc1cccc(C(F)F)n1. The summed E-state index contributed by atoms with van der Waals surface area (Å²) in [6.07, 6.45) is 1.68. The van der Waals surface area contributed by atoms with Crippen molar-refractivity contribution in [2.45, 2.75) is 71.5 Å². The third-order valence-electron chi connectivity index (χ3n) is 5.98. The van der Waals surface area contributed by atoms with Gasteiger partial charge in [0, 0.05) is 37.5 Å². The number of alkyl halides is 2. The van der Waals surface area contributed by atoms with Crippen LogP contribution < -0.4 is 10.1 Å². The van der Waals surface area contributed by atoms with Gasteiger partial charge in [-0.2, -0.15) is 0 Å². The average Bonchev–Trinajstić information content (AvgIpc) is 3.25. The molecule has 38 heavy (non-hydrogen) atoms. The van der Waals surface area contributed by atoms with Gasteiger partial charge >= 0.3 is 6.09 Å². The normalized spacial score (nSPS) is 14.8. The Morgan fingerprint density at radius 1 is 1.11 bits per heavy atom. The summed E-state index contributed by atoms with van der Waals surface area (Å²) in [5.74, 6) is -0.0534. The molecule has 0 spiro atoms. The summed E-state index contributed by atoms with van der Waals surface area (Å²) in [4.78, 5) is 35.8. The molecule has 0 aromatic carbocycles. The van der Waals surface area contributed by atoms with E-state index in [2.05, 4.69) is 10.3 Å². The summed E-state index contributed by atoms with van der Waals surface area (Å²) in [5.41, 5.74) is 0.720. The maximum atomic E-state index is 13.1. The molecular formula is C27H33F2N5O4. The first-order valence-electron chi connectivity index (χ1n) is 12.6. The first-order chi connectivity index (χ1) is 17.9. The smallest absolute Gasteiger partial charge is 0.410 e. The van der Waals surface area contributed by atoms with Crippen LogP contribution in [0.3, 0.4) is 0 Å². The van der Waals surface area contributed by atoms with Gasteiger partial charge in [0.25, 0.3) is 12.3 Å². The molecule has 3 aromatic rings. The van der Waals surface area contributed by atoms with Crippen molar-refractivity contribution in [1.82, 2.24) is 19.3 Å². The molecule has 2 amide bonds. The van der Waals surface area contributed by atoms with Gasteiger partial charge in [0.2, 0.25) is 0 Å². The van der Waals surface area contributed by atoms with Crippen LogP contribution in [0.25, 0.3) is 5.65 Å². The molecule has 0 aliphatic carbocycles. The molecule has 9 nitrogen and oxygen atoms in total. The number of amides is 2. The van der Waals surface area contributed by atoms with Gasteiger partial charge in [-0.1, -0.05) is 6.07 Å². The number of aromatic nitrogens is 3. The Kier molecular flexibility index (Phi) is 7.84. The van der Waals surface area contributed by atoms with E-state index in [-0.39, 0.29) is 29.5 Å². The Hall–Kier alpha value is -3.76. The van der Waals surface area contributed by atoms with Crippen molar-refractivity contribution in [1.29, 1.82) is 0 Å². The molecule has 204 valence electrons. The Labute approximate surface area is 220 Å². The number of hydrogen-bond donors (Lipinski definition) is 1. The molecule has 0 bridgehead atoms. The van der Waals surface area contributed by atoms with Crippen LogP contribution in [0, 0.1) is 0 Å². The number of halogens is 2. The molecule has 0 unspecified atom stereocenters. The van der Waals surface area contributed by atoms with Gasteiger partial charge in [0.05, 0.1) is 17.4 Å². The molecule has 0 radical (unpaired) electrons. The number of piperidine rings is 1. The molecule has 11 heteroatoms. The predicted molar refractivity (Wildman–Crippen MR) is 138 cm³/mol. The summed E-state index contributed by atoms with van der Waals surface area (Å²) in [6, 6.07) is 5.75. The van der Waals surface area contributed by atoms with Crippen molar-refractivity contribution in [2.75, 3.05) is 18.4 Å². The number of nitrogens with one attached hydrogen (secondary N) is 1. The lowest BCUT2D eigenvalue weighted by molar-refractivity contribution is 0.0204. The number of likely N-dealkylation sites (tertiary alicyclic amines) is 1. The molecule has 1 N–H and O–H groups in total. The van der Waals surface area contributed by atoms with Crippen LogP contribution in [0.1, 0.15) is 81.5 Å². The fourth-order valence-electron chi connectivity index (χ4n) is 4.26. The van der Waals surface area contributed by atoms with Gasteiger partial charge in [-0.25, -0.2) is 23.5 Å². The lowest BCUT2D eigenvalue weighted by Gasteiger charge is -2.32. The Morgan fingerprint density at radius 2 is 1.82 bits per heavy atom. The van der Waals surface area contributed by atoms with Crippen molar-refractivity contribution >= 4 is 23.5 Å². The largest absolute Gasteiger partial charge is 0.490 e. The number of imidazole rings is 1. The van der Waals surface area contributed by atoms with Crippen LogP contribution in [0.2, 0.25) is 0 Å². The van der Waals surface area contributed by atoms with Crippen LogP contribution >= 0.6 is 0 Å². The Balaban J connectivity index is 1.54. The minimum absolute atomic E-state index is 0.0199. The average molecular weight is 530 g/mol. The first kappa shape index (κ1) is 27.3. The van der Waals surface area contributed by atoms with Crippen molar-refractivity contribution < 1.29 is 27.8 Å². The second-order valence-corrected chi connectivity index (χ2v) is 10.6. The summed E-state index contributed by atoms with van der Waals surface area (Å²) in [7, 11) is 0. The number of ether oxygens (including phenoxy) is 2. The first-order valence-corrected chi connectivity index (χ1v) is 12.6. The van der Waals surface area contributed by atoms with Gasteiger partial charge < -0.3 is 24.1 Å². The molecule has 1 saturated heterocycles. The van der Waals surface area contributed by atoms with Gasteiger partial charge in [-0.15, -0.1) is 0 Å². The highest BCUT2D eigenvalue weighted by molar-refractivity contribution is 6.05. The zero-order valence-corrected chi connectivity index (χ0v) is 22.2. The van der Waals surface area contributed by atoms with E-state index in [1.165, 1.54) is 18.2 Å². The quantitative estimate of drug-likeness (QED) is 0.432. The van der Waals surface area contributed by atoms with E-state index < -0.39 is 23.6 Å². The van der Waals surface area contributed by atoms with E-state index in [4.69, 9.17) is 14.5 Å². The Morgan fingerprint density at radius 3 is 2.45 bits per heavy atom. The highest BCUT2D eigenvalue weighted by atomic mass is 19.3. The molecule has 1 aliphatic heterocycles. The molecule has 0 atom stereocenters. The minimum atomic E-state index is -2.75. The van der Waals surface area contributed by atoms with Crippen LogP contribution in [0.15, 0.2) is 36.7 Å².